The third-order valence-corrected chi connectivity index (χ3v) is 6.28. The van der Waals surface area contributed by atoms with Crippen LogP contribution in [0.1, 0.15) is 56.4 Å². The zero-order valence-electron chi connectivity index (χ0n) is 20.9. The highest BCUT2D eigenvalue weighted by Gasteiger charge is 2.21. The predicted molar refractivity (Wildman–Crippen MR) is 137 cm³/mol. The number of ether oxygens (including phenoxy) is 1. The van der Waals surface area contributed by atoms with E-state index in [0.717, 1.165) is 38.2 Å². The van der Waals surface area contributed by atoms with Crippen LogP contribution in [0, 0.1) is 17.8 Å². The number of methoxy groups -OCH3 is 1. The topological polar surface area (TPSA) is 96.0 Å². The molecule has 0 atom stereocenters. The van der Waals surface area contributed by atoms with E-state index in [4.69, 9.17) is 4.74 Å². The van der Waals surface area contributed by atoms with Crippen LogP contribution < -0.4 is 5.32 Å². The Morgan fingerprint density at radius 2 is 1.86 bits per heavy atom. The fourth-order valence-corrected chi connectivity index (χ4v) is 4.09. The molecular formula is C28H31N3O5. The lowest BCUT2D eigenvalue weighted by Crippen LogP contribution is -2.38. The van der Waals surface area contributed by atoms with Crippen LogP contribution in [0.3, 0.4) is 0 Å². The summed E-state index contributed by atoms with van der Waals surface area (Å²) in [5, 5.41) is 3.41. The first-order valence-corrected chi connectivity index (χ1v) is 11.8. The van der Waals surface area contributed by atoms with Crippen molar-refractivity contribution < 1.29 is 23.9 Å². The largest absolute Gasteiger partial charge is 0.465 e. The van der Waals surface area contributed by atoms with Crippen LogP contribution in [0.25, 0.3) is 0 Å². The zero-order valence-corrected chi connectivity index (χ0v) is 20.9. The van der Waals surface area contributed by atoms with Crippen LogP contribution in [-0.4, -0.2) is 74.2 Å². The molecule has 8 nitrogen and oxygen atoms in total. The smallest absolute Gasteiger partial charge is 0.339 e. The molecule has 36 heavy (non-hydrogen) atoms. The third kappa shape index (κ3) is 6.72. The van der Waals surface area contributed by atoms with Crippen LogP contribution in [0.4, 0.5) is 5.69 Å². The van der Waals surface area contributed by atoms with Gasteiger partial charge in [-0.1, -0.05) is 30.0 Å². The molecule has 2 amide bonds. The Kier molecular flexibility index (Phi) is 9.23. The number of amides is 2. The molecule has 2 aromatic rings. The number of hydrogen-bond acceptors (Lipinski definition) is 6. The maximum absolute atomic E-state index is 12.7. The van der Waals surface area contributed by atoms with Crippen LogP contribution in [0.15, 0.2) is 42.5 Å². The van der Waals surface area contributed by atoms with Crippen molar-refractivity contribution in [3.8, 4) is 11.8 Å². The van der Waals surface area contributed by atoms with Gasteiger partial charge < -0.3 is 19.9 Å². The molecule has 188 valence electrons. The number of nitrogens with zero attached hydrogens (tertiary/aromatic N) is 2. The Hall–Kier alpha value is -4.12. The molecule has 0 aliphatic carbocycles. The molecule has 0 radical (unpaired) electrons. The summed E-state index contributed by atoms with van der Waals surface area (Å²) in [6.45, 7) is 4.00. The Morgan fingerprint density at radius 3 is 2.53 bits per heavy atom. The summed E-state index contributed by atoms with van der Waals surface area (Å²) in [5.41, 5.74) is 2.29. The second kappa shape index (κ2) is 12.5. The van der Waals surface area contributed by atoms with Crippen molar-refractivity contribution in [2.45, 2.75) is 19.8 Å². The maximum Gasteiger partial charge on any atom is 0.339 e. The first-order valence-electron chi connectivity index (χ1n) is 11.8. The van der Waals surface area contributed by atoms with E-state index in [9.17, 15) is 19.2 Å². The van der Waals surface area contributed by atoms with Crippen LogP contribution in [-0.2, 0) is 9.53 Å². The van der Waals surface area contributed by atoms with Gasteiger partial charge in [0.1, 0.15) is 0 Å². The quantitative estimate of drug-likeness (QED) is 0.365. The van der Waals surface area contributed by atoms with Gasteiger partial charge in [0, 0.05) is 50.4 Å². The van der Waals surface area contributed by atoms with Crippen molar-refractivity contribution in [2.24, 2.45) is 5.92 Å². The number of likely N-dealkylation sites (tertiary alicyclic amines) is 1. The molecule has 1 fully saturated rings. The second-order valence-electron chi connectivity index (χ2n) is 8.75. The van der Waals surface area contributed by atoms with E-state index >= 15 is 0 Å². The van der Waals surface area contributed by atoms with E-state index < -0.39 is 5.97 Å². The SMILES string of the molecule is COC(=O)c1ccc(NCC2CCN(C(C)=O)CC2)cc1C#CCN(C)C(=O)c1ccccc1C=O. The van der Waals surface area contributed by atoms with Gasteiger partial charge in [0.2, 0.25) is 5.91 Å². The normalized spacial score (nSPS) is 13.2. The van der Waals surface area contributed by atoms with Crippen molar-refractivity contribution in [3.63, 3.8) is 0 Å². The molecule has 3 rings (SSSR count). The van der Waals surface area contributed by atoms with Gasteiger partial charge in [-0.15, -0.1) is 0 Å². The molecule has 0 aromatic heterocycles. The first-order chi connectivity index (χ1) is 17.3. The molecule has 1 N–H and O–H groups in total. The molecule has 1 saturated heterocycles. The number of carbonyl (C=O) groups excluding carboxylic acids is 4. The summed E-state index contributed by atoms with van der Waals surface area (Å²) >= 11 is 0. The Labute approximate surface area is 211 Å². The lowest BCUT2D eigenvalue weighted by molar-refractivity contribution is -0.130. The number of carbonyl (C=O) groups is 4. The molecule has 0 unspecified atom stereocenters. The van der Waals surface area contributed by atoms with Crippen molar-refractivity contribution in [1.82, 2.24) is 9.80 Å². The maximum atomic E-state index is 12.7. The van der Waals surface area contributed by atoms with E-state index in [-0.39, 0.29) is 18.4 Å². The van der Waals surface area contributed by atoms with Gasteiger partial charge >= 0.3 is 5.97 Å². The molecule has 8 heteroatoms. The minimum Gasteiger partial charge on any atom is -0.465 e. The monoisotopic (exact) mass is 489 g/mol. The van der Waals surface area contributed by atoms with Crippen LogP contribution >= 0.6 is 0 Å². The Morgan fingerprint density at radius 1 is 1.14 bits per heavy atom. The van der Waals surface area contributed by atoms with Crippen molar-refractivity contribution in [1.29, 1.82) is 0 Å². The van der Waals surface area contributed by atoms with E-state index in [2.05, 4.69) is 17.2 Å². The van der Waals surface area contributed by atoms with E-state index in [1.165, 1.54) is 12.0 Å². The average Bonchev–Trinajstić information content (AvgIpc) is 2.91. The van der Waals surface area contributed by atoms with Gasteiger partial charge in [-0.05, 0) is 43.0 Å². The minimum absolute atomic E-state index is 0.110. The first kappa shape index (κ1) is 26.5. The molecule has 1 aliphatic rings. The Balaban J connectivity index is 1.69. The number of benzene rings is 2. The van der Waals surface area contributed by atoms with Gasteiger partial charge in [-0.3, -0.25) is 14.4 Å². The minimum atomic E-state index is -0.494. The summed E-state index contributed by atoms with van der Waals surface area (Å²) < 4.78 is 4.89. The Bertz CT molecular complexity index is 1190. The van der Waals surface area contributed by atoms with Crippen molar-refractivity contribution in [2.75, 3.05) is 45.7 Å². The molecule has 0 saturated carbocycles. The van der Waals surface area contributed by atoms with Crippen LogP contribution in [0.5, 0.6) is 0 Å². The summed E-state index contributed by atoms with van der Waals surface area (Å²) in [4.78, 5) is 51.0. The molecule has 0 spiro atoms. The van der Waals surface area contributed by atoms with E-state index in [0.29, 0.717) is 34.5 Å². The highest BCUT2D eigenvalue weighted by atomic mass is 16.5. The number of esters is 1. The highest BCUT2D eigenvalue weighted by Crippen LogP contribution is 2.21. The zero-order chi connectivity index (χ0) is 26.1. The van der Waals surface area contributed by atoms with Gasteiger partial charge in [-0.25, -0.2) is 4.79 Å². The molecular weight excluding hydrogens is 458 g/mol. The summed E-state index contributed by atoms with van der Waals surface area (Å²) in [6, 6.07) is 11.9. The summed E-state index contributed by atoms with van der Waals surface area (Å²) in [6.07, 6.45) is 2.53. The number of anilines is 1. The fourth-order valence-electron chi connectivity index (χ4n) is 4.09. The summed E-state index contributed by atoms with van der Waals surface area (Å²) in [5.74, 6) is 5.70. The van der Waals surface area contributed by atoms with Gasteiger partial charge in [0.25, 0.3) is 5.91 Å². The number of piperidine rings is 1. The van der Waals surface area contributed by atoms with Gasteiger partial charge in [0.15, 0.2) is 6.29 Å². The summed E-state index contributed by atoms with van der Waals surface area (Å²) in [7, 11) is 2.92. The number of aldehydes is 1. The average molecular weight is 490 g/mol. The molecule has 1 aliphatic heterocycles. The predicted octanol–water partition coefficient (Wildman–Crippen LogP) is 3.08. The van der Waals surface area contributed by atoms with Gasteiger partial charge in [0.05, 0.1) is 24.8 Å². The highest BCUT2D eigenvalue weighted by molar-refractivity contribution is 6.01. The lowest BCUT2D eigenvalue weighted by Gasteiger charge is -2.31. The van der Waals surface area contributed by atoms with Crippen LogP contribution in [0.2, 0.25) is 0 Å². The molecule has 2 aromatic carbocycles. The van der Waals surface area contributed by atoms with Gasteiger partial charge in [-0.2, -0.15) is 0 Å². The third-order valence-electron chi connectivity index (χ3n) is 6.28. The van der Waals surface area contributed by atoms with E-state index in [1.54, 1.807) is 50.4 Å². The number of hydrogen-bond donors (Lipinski definition) is 1. The molecule has 0 bridgehead atoms. The standard InChI is InChI=1S/C28H31N3O5/c1-20(33)31-15-12-21(13-16-31)18-29-24-10-11-26(28(35)36-3)22(17-24)8-6-14-30(2)27(34)25-9-5-4-7-23(25)19-32/h4-5,7,9-11,17,19,21,29H,12-16,18H2,1-3H3. The number of rotatable bonds is 7. The fraction of sp³-hybridized carbons (Fsp3) is 0.357. The lowest BCUT2D eigenvalue weighted by atomic mass is 9.96. The molecule has 1 heterocycles. The van der Waals surface area contributed by atoms with Crippen molar-refractivity contribution >= 4 is 29.8 Å². The second-order valence-corrected chi connectivity index (χ2v) is 8.75. The van der Waals surface area contributed by atoms with E-state index in [1.807, 2.05) is 11.0 Å². The number of nitrogens with one attached hydrogen (secondary N) is 1. The van der Waals surface area contributed by atoms with Crippen molar-refractivity contribution in [3.05, 3.63) is 64.7 Å².